The van der Waals surface area contributed by atoms with Crippen LogP contribution in [0.4, 0.5) is 0 Å². The van der Waals surface area contributed by atoms with Gasteiger partial charge in [-0.2, -0.15) is 0 Å². The van der Waals surface area contributed by atoms with E-state index in [1.165, 1.54) is 0 Å². The summed E-state index contributed by atoms with van der Waals surface area (Å²) < 4.78 is 32.3. The third kappa shape index (κ3) is 2.74. The van der Waals surface area contributed by atoms with Crippen LogP contribution in [-0.2, 0) is 14.8 Å². The van der Waals surface area contributed by atoms with Crippen LogP contribution in [0.3, 0.4) is 0 Å². The molecular formula is C10H20N2O3S. The standard InChI is InChI=1S/C10H20N2O3S/c1-8-10(4-6-15-8)12-16(13,14)9-3-2-5-11-7-9/h8-12H,2-7H2,1H3. The van der Waals surface area contributed by atoms with Gasteiger partial charge in [0, 0.05) is 19.2 Å². The Labute approximate surface area is 97.0 Å². The molecule has 5 nitrogen and oxygen atoms in total. The largest absolute Gasteiger partial charge is 0.377 e. The second-order valence-corrected chi connectivity index (χ2v) is 6.59. The van der Waals surface area contributed by atoms with Crippen molar-refractivity contribution < 1.29 is 13.2 Å². The summed E-state index contributed by atoms with van der Waals surface area (Å²) in [6.45, 7) is 4.06. The van der Waals surface area contributed by atoms with Gasteiger partial charge >= 0.3 is 0 Å². The molecule has 0 bridgehead atoms. The van der Waals surface area contributed by atoms with Gasteiger partial charge in [0.2, 0.25) is 10.0 Å². The Bertz CT molecular complexity index is 325. The van der Waals surface area contributed by atoms with Gasteiger partial charge in [-0.1, -0.05) is 0 Å². The lowest BCUT2D eigenvalue weighted by molar-refractivity contribution is 0.116. The predicted octanol–water partition coefficient (Wildman–Crippen LogP) is -0.165. The minimum atomic E-state index is -3.19. The zero-order valence-corrected chi connectivity index (χ0v) is 10.4. The molecule has 2 N–H and O–H groups in total. The van der Waals surface area contributed by atoms with Gasteiger partial charge in [-0.25, -0.2) is 13.1 Å². The molecule has 2 aliphatic heterocycles. The number of piperidine rings is 1. The van der Waals surface area contributed by atoms with Crippen molar-refractivity contribution in [2.75, 3.05) is 19.7 Å². The molecule has 16 heavy (non-hydrogen) atoms. The number of ether oxygens (including phenoxy) is 1. The molecule has 0 aromatic carbocycles. The summed E-state index contributed by atoms with van der Waals surface area (Å²) in [5.74, 6) is 0. The number of nitrogens with one attached hydrogen (secondary N) is 2. The van der Waals surface area contributed by atoms with Gasteiger partial charge in [-0.05, 0) is 32.7 Å². The van der Waals surface area contributed by atoms with Crippen LogP contribution in [0.15, 0.2) is 0 Å². The fourth-order valence-electron chi connectivity index (χ4n) is 2.28. The summed E-state index contributed by atoms with van der Waals surface area (Å²) in [6, 6.07) is -0.0491. The molecule has 0 aliphatic carbocycles. The molecule has 2 saturated heterocycles. The van der Waals surface area contributed by atoms with Gasteiger partial charge in [0.15, 0.2) is 0 Å². The van der Waals surface area contributed by atoms with Gasteiger partial charge in [-0.3, -0.25) is 0 Å². The molecule has 3 unspecified atom stereocenters. The van der Waals surface area contributed by atoms with Crippen LogP contribution < -0.4 is 10.0 Å². The summed E-state index contributed by atoms with van der Waals surface area (Å²) in [4.78, 5) is 0. The molecule has 2 aliphatic rings. The number of sulfonamides is 1. The minimum Gasteiger partial charge on any atom is -0.377 e. The van der Waals surface area contributed by atoms with Gasteiger partial charge in [-0.15, -0.1) is 0 Å². The highest BCUT2D eigenvalue weighted by atomic mass is 32.2. The SMILES string of the molecule is CC1OCCC1NS(=O)(=O)C1CCCNC1. The Kier molecular flexibility index (Phi) is 3.84. The van der Waals surface area contributed by atoms with Crippen LogP contribution in [0.5, 0.6) is 0 Å². The summed E-state index contributed by atoms with van der Waals surface area (Å²) >= 11 is 0. The van der Waals surface area contributed by atoms with Crippen molar-refractivity contribution in [1.82, 2.24) is 10.0 Å². The second-order valence-electron chi connectivity index (χ2n) is 4.60. The van der Waals surface area contributed by atoms with E-state index >= 15 is 0 Å². The topological polar surface area (TPSA) is 67.4 Å². The molecule has 94 valence electrons. The molecule has 6 heteroatoms. The van der Waals surface area contributed by atoms with Crippen molar-refractivity contribution in [3.8, 4) is 0 Å². The average molecular weight is 248 g/mol. The first kappa shape index (κ1) is 12.3. The lowest BCUT2D eigenvalue weighted by Gasteiger charge is -2.25. The minimum absolute atomic E-state index is 0.00803. The van der Waals surface area contributed by atoms with Crippen molar-refractivity contribution in [3.63, 3.8) is 0 Å². The molecule has 2 heterocycles. The number of rotatable bonds is 3. The molecule has 2 fully saturated rings. The monoisotopic (exact) mass is 248 g/mol. The van der Waals surface area contributed by atoms with Crippen LogP contribution >= 0.6 is 0 Å². The Hall–Kier alpha value is -0.170. The highest BCUT2D eigenvalue weighted by molar-refractivity contribution is 7.90. The molecule has 0 aromatic rings. The maximum Gasteiger partial charge on any atom is 0.216 e. The predicted molar refractivity (Wildman–Crippen MR) is 61.8 cm³/mol. The van der Waals surface area contributed by atoms with Crippen LogP contribution in [0, 0.1) is 0 Å². The third-order valence-electron chi connectivity index (χ3n) is 3.38. The summed E-state index contributed by atoms with van der Waals surface area (Å²) in [6.07, 6.45) is 2.46. The molecule has 0 aromatic heterocycles. The fraction of sp³-hybridized carbons (Fsp3) is 1.00. The maximum atomic E-state index is 12.1. The Morgan fingerprint density at radius 3 is 2.75 bits per heavy atom. The third-order valence-corrected chi connectivity index (χ3v) is 5.29. The quantitative estimate of drug-likeness (QED) is 0.728. The molecule has 0 amide bonds. The lowest BCUT2D eigenvalue weighted by atomic mass is 10.2. The van der Waals surface area contributed by atoms with Crippen molar-refractivity contribution in [2.24, 2.45) is 0 Å². The van der Waals surface area contributed by atoms with E-state index in [4.69, 9.17) is 4.74 Å². The molecule has 0 saturated carbocycles. The van der Waals surface area contributed by atoms with E-state index < -0.39 is 10.0 Å². The highest BCUT2D eigenvalue weighted by Gasteiger charge is 2.33. The number of hydrogen-bond donors (Lipinski definition) is 2. The van der Waals surface area contributed by atoms with Gasteiger partial charge in [0.05, 0.1) is 11.4 Å². The van der Waals surface area contributed by atoms with Gasteiger partial charge < -0.3 is 10.1 Å². The van der Waals surface area contributed by atoms with E-state index in [-0.39, 0.29) is 17.4 Å². The van der Waals surface area contributed by atoms with Crippen LogP contribution in [0.2, 0.25) is 0 Å². The van der Waals surface area contributed by atoms with Crippen molar-refractivity contribution in [1.29, 1.82) is 0 Å². The van der Waals surface area contributed by atoms with Gasteiger partial charge in [0.1, 0.15) is 0 Å². The first-order chi connectivity index (χ1) is 7.59. The van der Waals surface area contributed by atoms with E-state index in [0.717, 1.165) is 25.8 Å². The summed E-state index contributed by atoms with van der Waals surface area (Å²) in [7, 11) is -3.19. The average Bonchev–Trinajstić information content (AvgIpc) is 2.65. The van der Waals surface area contributed by atoms with Crippen LogP contribution in [0.1, 0.15) is 26.2 Å². The van der Waals surface area contributed by atoms with E-state index in [9.17, 15) is 8.42 Å². The van der Waals surface area contributed by atoms with Crippen molar-refractivity contribution >= 4 is 10.0 Å². The normalized spacial score (nSPS) is 36.4. The Morgan fingerprint density at radius 2 is 2.19 bits per heavy atom. The maximum absolute atomic E-state index is 12.1. The van der Waals surface area contributed by atoms with Crippen LogP contribution in [0.25, 0.3) is 0 Å². The Balaban J connectivity index is 1.96. The number of hydrogen-bond acceptors (Lipinski definition) is 4. The Morgan fingerprint density at radius 1 is 1.38 bits per heavy atom. The summed E-state index contributed by atoms with van der Waals surface area (Å²) in [5.41, 5.74) is 0. The molecular weight excluding hydrogens is 228 g/mol. The molecule has 3 atom stereocenters. The molecule has 0 radical (unpaired) electrons. The molecule has 0 spiro atoms. The second kappa shape index (κ2) is 5.00. The first-order valence-corrected chi connectivity index (χ1v) is 7.48. The summed E-state index contributed by atoms with van der Waals surface area (Å²) in [5, 5.41) is 2.84. The smallest absolute Gasteiger partial charge is 0.216 e. The van der Waals surface area contributed by atoms with E-state index in [0.29, 0.717) is 13.2 Å². The van der Waals surface area contributed by atoms with E-state index in [1.807, 2.05) is 6.92 Å². The van der Waals surface area contributed by atoms with Gasteiger partial charge in [0.25, 0.3) is 0 Å². The highest BCUT2D eigenvalue weighted by Crippen LogP contribution is 2.17. The van der Waals surface area contributed by atoms with Crippen LogP contribution in [-0.4, -0.2) is 45.5 Å². The lowest BCUT2D eigenvalue weighted by Crippen LogP contribution is -2.48. The van der Waals surface area contributed by atoms with Crippen molar-refractivity contribution in [3.05, 3.63) is 0 Å². The molecule has 2 rings (SSSR count). The van der Waals surface area contributed by atoms with E-state index in [1.54, 1.807) is 0 Å². The fourth-order valence-corrected chi connectivity index (χ4v) is 4.02. The van der Waals surface area contributed by atoms with Crippen molar-refractivity contribution in [2.45, 2.75) is 43.6 Å². The van der Waals surface area contributed by atoms with E-state index in [2.05, 4.69) is 10.0 Å². The zero-order chi connectivity index (χ0) is 11.6. The first-order valence-electron chi connectivity index (χ1n) is 5.93. The zero-order valence-electron chi connectivity index (χ0n) is 9.61.